The molecule has 1 aromatic heterocycles. The largest absolute Gasteiger partial charge is 0.363 e. The summed E-state index contributed by atoms with van der Waals surface area (Å²) >= 11 is 0. The molecule has 1 amide bonds. The summed E-state index contributed by atoms with van der Waals surface area (Å²) in [6.07, 6.45) is 4.54. The van der Waals surface area contributed by atoms with Crippen molar-refractivity contribution < 1.29 is 9.53 Å². The minimum atomic E-state index is -0.306. The molecule has 3 atom stereocenters. The van der Waals surface area contributed by atoms with Gasteiger partial charge in [-0.15, -0.1) is 5.10 Å². The van der Waals surface area contributed by atoms with Crippen molar-refractivity contribution in [1.82, 2.24) is 20.4 Å². The second-order valence-corrected chi connectivity index (χ2v) is 7.91. The Hall–Kier alpha value is -1.73. The number of aryl methyl sites for hydroxylation is 1. The molecule has 4 rings (SSSR count). The lowest BCUT2D eigenvalue weighted by molar-refractivity contribution is -0.142. The van der Waals surface area contributed by atoms with Crippen molar-refractivity contribution in [3.8, 4) is 0 Å². The number of hydrogen-bond acceptors (Lipinski definition) is 6. The topological polar surface area (TPSA) is 70.6 Å². The van der Waals surface area contributed by atoms with E-state index in [-0.39, 0.29) is 18.1 Å². The first kappa shape index (κ1) is 17.7. The van der Waals surface area contributed by atoms with Gasteiger partial charge in [0.05, 0.1) is 17.8 Å². The van der Waals surface area contributed by atoms with E-state index in [2.05, 4.69) is 32.4 Å². The minimum absolute atomic E-state index is 0.0755. The van der Waals surface area contributed by atoms with E-state index < -0.39 is 0 Å². The summed E-state index contributed by atoms with van der Waals surface area (Å²) in [7, 11) is 2.13. The van der Waals surface area contributed by atoms with Gasteiger partial charge in [0.1, 0.15) is 6.10 Å². The lowest BCUT2D eigenvalue weighted by atomic mass is 9.98. The summed E-state index contributed by atoms with van der Waals surface area (Å²) in [4.78, 5) is 17.2. The van der Waals surface area contributed by atoms with Gasteiger partial charge in [0.25, 0.3) is 0 Å². The highest BCUT2D eigenvalue weighted by Gasteiger charge is 2.42. The molecule has 4 heterocycles. The number of rotatable bonds is 3. The fraction of sp³-hybridized carbons (Fsp3) is 0.737. The van der Waals surface area contributed by atoms with Crippen LogP contribution in [0.15, 0.2) is 12.1 Å². The number of nitrogens with one attached hydrogen (secondary N) is 1. The maximum atomic E-state index is 12.6. The Bertz CT molecular complexity index is 629. The van der Waals surface area contributed by atoms with Crippen molar-refractivity contribution in [2.75, 3.05) is 31.6 Å². The van der Waals surface area contributed by atoms with Crippen molar-refractivity contribution in [2.45, 2.75) is 63.3 Å². The number of anilines is 1. The van der Waals surface area contributed by atoms with Gasteiger partial charge in [0, 0.05) is 12.6 Å². The predicted molar refractivity (Wildman–Crippen MR) is 99.1 cm³/mol. The van der Waals surface area contributed by atoms with Gasteiger partial charge < -0.3 is 19.9 Å². The Balaban J connectivity index is 1.32. The lowest BCUT2D eigenvalue weighted by Gasteiger charge is -2.36. The molecule has 142 valence electrons. The molecule has 3 saturated heterocycles. The van der Waals surface area contributed by atoms with Gasteiger partial charge in [-0.3, -0.25) is 4.79 Å². The monoisotopic (exact) mass is 359 g/mol. The molecule has 0 aromatic carbocycles. The Morgan fingerprint density at radius 2 is 1.92 bits per heavy atom. The number of carbonyl (C=O) groups excluding carboxylic acids is 1. The van der Waals surface area contributed by atoms with E-state index in [1.165, 1.54) is 0 Å². The highest BCUT2D eigenvalue weighted by molar-refractivity contribution is 5.81. The quantitative estimate of drug-likeness (QED) is 0.872. The van der Waals surface area contributed by atoms with Crippen LogP contribution in [0.25, 0.3) is 0 Å². The van der Waals surface area contributed by atoms with Crippen LogP contribution in [0.2, 0.25) is 0 Å². The van der Waals surface area contributed by atoms with Crippen LogP contribution in [-0.2, 0) is 9.53 Å². The Morgan fingerprint density at radius 1 is 1.12 bits per heavy atom. The fourth-order valence-corrected chi connectivity index (χ4v) is 4.40. The average molecular weight is 359 g/mol. The van der Waals surface area contributed by atoms with Gasteiger partial charge in [0.2, 0.25) is 5.91 Å². The van der Waals surface area contributed by atoms with Crippen LogP contribution in [0.1, 0.15) is 37.8 Å². The van der Waals surface area contributed by atoms with Gasteiger partial charge >= 0.3 is 0 Å². The third kappa shape index (κ3) is 3.69. The molecule has 3 fully saturated rings. The van der Waals surface area contributed by atoms with Crippen molar-refractivity contribution in [3.63, 3.8) is 0 Å². The summed E-state index contributed by atoms with van der Waals surface area (Å²) in [5.74, 6) is 0.993. The van der Waals surface area contributed by atoms with Crippen LogP contribution in [0.4, 0.5) is 5.82 Å². The third-order valence-electron chi connectivity index (χ3n) is 5.98. The maximum absolute atomic E-state index is 12.6. The van der Waals surface area contributed by atoms with Crippen LogP contribution < -0.4 is 10.2 Å². The standard InChI is InChI=1S/C19H29N5O2/c1-13-3-6-18(22-21-13)24-12-9-16-15(24)4-5-17(26-16)19(25)20-14-7-10-23(2)11-8-14/h3,6,14-17H,4-5,7-12H2,1-2H3,(H,20,25)/t15-,16-,17+/m1/s1. The fourth-order valence-electron chi connectivity index (χ4n) is 4.40. The van der Waals surface area contributed by atoms with Gasteiger partial charge in [0.15, 0.2) is 5.82 Å². The van der Waals surface area contributed by atoms with Crippen LogP contribution in [-0.4, -0.2) is 72.0 Å². The minimum Gasteiger partial charge on any atom is -0.363 e. The summed E-state index contributed by atoms with van der Waals surface area (Å²) < 4.78 is 6.20. The number of fused-ring (bicyclic) bond motifs is 1. The molecule has 3 aliphatic rings. The highest BCUT2D eigenvalue weighted by atomic mass is 16.5. The molecule has 0 spiro atoms. The Labute approximate surface area is 155 Å². The van der Waals surface area contributed by atoms with Crippen molar-refractivity contribution in [2.24, 2.45) is 0 Å². The molecule has 7 nitrogen and oxygen atoms in total. The van der Waals surface area contributed by atoms with Gasteiger partial charge in [-0.1, -0.05) is 0 Å². The molecule has 0 saturated carbocycles. The smallest absolute Gasteiger partial charge is 0.249 e. The number of likely N-dealkylation sites (tertiary alicyclic amines) is 1. The summed E-state index contributed by atoms with van der Waals surface area (Å²) in [6.45, 7) is 4.96. The number of piperidine rings is 1. The van der Waals surface area contributed by atoms with Crippen molar-refractivity contribution in [1.29, 1.82) is 0 Å². The molecular weight excluding hydrogens is 330 g/mol. The molecule has 1 N–H and O–H groups in total. The number of hydrogen-bond donors (Lipinski definition) is 1. The van der Waals surface area contributed by atoms with E-state index in [1.54, 1.807) is 0 Å². The number of carbonyl (C=O) groups is 1. The zero-order valence-corrected chi connectivity index (χ0v) is 15.7. The third-order valence-corrected chi connectivity index (χ3v) is 5.98. The number of aromatic nitrogens is 2. The van der Waals surface area contributed by atoms with E-state index in [4.69, 9.17) is 4.74 Å². The van der Waals surface area contributed by atoms with Crippen molar-refractivity contribution in [3.05, 3.63) is 17.8 Å². The Morgan fingerprint density at radius 3 is 2.65 bits per heavy atom. The summed E-state index contributed by atoms with van der Waals surface area (Å²) in [5, 5.41) is 11.7. The normalized spacial score (nSPS) is 30.2. The molecule has 7 heteroatoms. The zero-order valence-electron chi connectivity index (χ0n) is 15.7. The lowest BCUT2D eigenvalue weighted by Crippen LogP contribution is -2.51. The Kier molecular flexibility index (Phi) is 5.09. The molecule has 0 unspecified atom stereocenters. The van der Waals surface area contributed by atoms with Gasteiger partial charge in [-0.05, 0) is 71.3 Å². The van der Waals surface area contributed by atoms with Gasteiger partial charge in [-0.25, -0.2) is 0 Å². The highest BCUT2D eigenvalue weighted by Crippen LogP contribution is 2.34. The summed E-state index contributed by atoms with van der Waals surface area (Å²) in [6, 6.07) is 4.63. The van der Waals surface area contributed by atoms with Crippen LogP contribution in [0.3, 0.4) is 0 Å². The zero-order chi connectivity index (χ0) is 18.1. The first-order valence-electron chi connectivity index (χ1n) is 9.81. The predicted octanol–water partition coefficient (Wildman–Crippen LogP) is 1.12. The van der Waals surface area contributed by atoms with Gasteiger partial charge in [-0.2, -0.15) is 5.10 Å². The van der Waals surface area contributed by atoms with E-state index in [0.29, 0.717) is 12.1 Å². The first-order valence-corrected chi connectivity index (χ1v) is 9.81. The molecule has 0 aliphatic carbocycles. The van der Waals surface area contributed by atoms with E-state index in [1.807, 2.05) is 19.1 Å². The van der Waals surface area contributed by atoms with Crippen LogP contribution >= 0.6 is 0 Å². The molecule has 26 heavy (non-hydrogen) atoms. The van der Waals surface area contributed by atoms with E-state index in [9.17, 15) is 4.79 Å². The first-order chi connectivity index (χ1) is 12.6. The SMILES string of the molecule is Cc1ccc(N2CC[C@H]3O[C@H](C(=O)NC4CCN(C)CC4)CC[C@H]32)nn1. The number of amides is 1. The number of ether oxygens (including phenoxy) is 1. The molecule has 1 aromatic rings. The van der Waals surface area contributed by atoms with E-state index >= 15 is 0 Å². The molecule has 0 bridgehead atoms. The number of nitrogens with zero attached hydrogens (tertiary/aromatic N) is 4. The maximum Gasteiger partial charge on any atom is 0.249 e. The van der Waals surface area contributed by atoms with Crippen LogP contribution in [0, 0.1) is 6.92 Å². The van der Waals surface area contributed by atoms with Crippen LogP contribution in [0.5, 0.6) is 0 Å². The molecule has 3 aliphatic heterocycles. The summed E-state index contributed by atoms with van der Waals surface area (Å²) in [5.41, 5.74) is 0.926. The second kappa shape index (κ2) is 7.48. The van der Waals surface area contributed by atoms with Crippen molar-refractivity contribution >= 4 is 11.7 Å². The molecular formula is C19H29N5O2. The average Bonchev–Trinajstić information content (AvgIpc) is 3.07. The second-order valence-electron chi connectivity index (χ2n) is 7.91. The molecule has 0 radical (unpaired) electrons. The van der Waals surface area contributed by atoms with E-state index in [0.717, 1.165) is 63.3 Å².